The third-order valence-electron chi connectivity index (χ3n) is 5.79. The SMILES string of the molecule is Cc1ccc(S(=O)(=O)OCCOc2cc(OCCOCC(=O)OC(C)(C)C)cc(OCCOS(=O)(=O)c3ccc(C)cc3)c2)cc1. The van der Waals surface area contributed by atoms with Gasteiger partial charge in [0.15, 0.2) is 0 Å². The first-order valence-electron chi connectivity index (χ1n) is 14.4. The normalized spacial score (nSPS) is 12.0. The predicted molar refractivity (Wildman–Crippen MR) is 168 cm³/mol. The molecule has 0 aliphatic heterocycles. The van der Waals surface area contributed by atoms with Crippen LogP contribution in [-0.2, 0) is 42.9 Å². The molecular formula is C32H40O12S2. The van der Waals surface area contributed by atoms with E-state index in [-0.39, 0.29) is 67.5 Å². The van der Waals surface area contributed by atoms with Gasteiger partial charge in [-0.3, -0.25) is 8.37 Å². The molecule has 0 saturated carbocycles. The molecule has 0 aromatic heterocycles. The Balaban J connectivity index is 1.57. The predicted octanol–water partition coefficient (Wildman–Crippen LogP) is 4.61. The summed E-state index contributed by atoms with van der Waals surface area (Å²) in [7, 11) is -7.94. The highest BCUT2D eigenvalue weighted by Gasteiger charge is 2.17. The number of hydrogen-bond acceptors (Lipinski definition) is 12. The lowest BCUT2D eigenvalue weighted by Gasteiger charge is -2.19. The van der Waals surface area contributed by atoms with E-state index in [1.165, 1.54) is 30.3 Å². The van der Waals surface area contributed by atoms with Crippen LogP contribution in [0.2, 0.25) is 0 Å². The van der Waals surface area contributed by atoms with Crippen LogP contribution in [0.1, 0.15) is 31.9 Å². The third kappa shape index (κ3) is 13.0. The van der Waals surface area contributed by atoms with E-state index in [0.717, 1.165) is 11.1 Å². The van der Waals surface area contributed by atoms with Gasteiger partial charge in [-0.05, 0) is 58.9 Å². The number of rotatable bonds is 18. The molecule has 0 spiro atoms. The summed E-state index contributed by atoms with van der Waals surface area (Å²) < 4.78 is 87.7. The van der Waals surface area contributed by atoms with Gasteiger partial charge in [0.1, 0.15) is 62.5 Å². The number of hydrogen-bond donors (Lipinski definition) is 0. The molecular weight excluding hydrogens is 640 g/mol. The van der Waals surface area contributed by atoms with Crippen molar-refractivity contribution < 1.29 is 53.7 Å². The maximum absolute atomic E-state index is 12.5. The summed E-state index contributed by atoms with van der Waals surface area (Å²) in [5, 5.41) is 0. The van der Waals surface area contributed by atoms with Crippen molar-refractivity contribution in [1.29, 1.82) is 0 Å². The van der Waals surface area contributed by atoms with Crippen LogP contribution in [0.4, 0.5) is 0 Å². The second kappa shape index (κ2) is 16.7. The molecule has 0 bridgehead atoms. The number of benzene rings is 3. The van der Waals surface area contributed by atoms with Gasteiger partial charge in [-0.2, -0.15) is 16.8 Å². The molecule has 0 atom stereocenters. The molecule has 0 fully saturated rings. The quantitative estimate of drug-likeness (QED) is 0.105. The van der Waals surface area contributed by atoms with Gasteiger partial charge in [0.2, 0.25) is 0 Å². The minimum Gasteiger partial charge on any atom is -0.491 e. The molecule has 0 N–H and O–H groups in total. The fourth-order valence-corrected chi connectivity index (χ4v) is 5.48. The van der Waals surface area contributed by atoms with Gasteiger partial charge in [-0.15, -0.1) is 0 Å². The van der Waals surface area contributed by atoms with Crippen molar-refractivity contribution in [2.75, 3.05) is 46.2 Å². The van der Waals surface area contributed by atoms with Gasteiger partial charge in [-0.1, -0.05) is 35.4 Å². The van der Waals surface area contributed by atoms with Crippen molar-refractivity contribution in [3.8, 4) is 17.2 Å². The molecule has 252 valence electrons. The second-order valence-electron chi connectivity index (χ2n) is 11.0. The highest BCUT2D eigenvalue weighted by Crippen LogP contribution is 2.28. The van der Waals surface area contributed by atoms with Crippen LogP contribution in [0.5, 0.6) is 17.2 Å². The number of esters is 1. The van der Waals surface area contributed by atoms with Crippen molar-refractivity contribution in [2.24, 2.45) is 0 Å². The molecule has 0 aliphatic rings. The molecule has 3 rings (SSSR count). The molecule has 3 aromatic rings. The molecule has 0 unspecified atom stereocenters. The van der Waals surface area contributed by atoms with Gasteiger partial charge in [-0.25, -0.2) is 4.79 Å². The minimum atomic E-state index is -3.97. The summed E-state index contributed by atoms with van der Waals surface area (Å²) in [6.07, 6.45) is 0. The minimum absolute atomic E-state index is 0.0321. The third-order valence-corrected chi connectivity index (χ3v) is 8.44. The smallest absolute Gasteiger partial charge is 0.332 e. The summed E-state index contributed by atoms with van der Waals surface area (Å²) in [6, 6.07) is 17.2. The first kappa shape index (κ1) is 36.8. The van der Waals surface area contributed by atoms with E-state index >= 15 is 0 Å². The molecule has 14 heteroatoms. The van der Waals surface area contributed by atoms with Crippen molar-refractivity contribution in [3.05, 3.63) is 77.9 Å². The fourth-order valence-electron chi connectivity index (χ4n) is 3.69. The van der Waals surface area contributed by atoms with E-state index in [1.54, 1.807) is 57.2 Å². The van der Waals surface area contributed by atoms with E-state index in [4.69, 9.17) is 32.1 Å². The van der Waals surface area contributed by atoms with Crippen LogP contribution in [0.15, 0.2) is 76.5 Å². The Bertz CT molecular complexity index is 1530. The number of ether oxygens (including phenoxy) is 5. The molecule has 3 aromatic carbocycles. The number of aryl methyl sites for hydroxylation is 2. The van der Waals surface area contributed by atoms with Crippen molar-refractivity contribution in [3.63, 3.8) is 0 Å². The van der Waals surface area contributed by atoms with Gasteiger partial charge in [0, 0.05) is 18.2 Å². The average molecular weight is 681 g/mol. The molecule has 0 radical (unpaired) electrons. The highest BCUT2D eigenvalue weighted by atomic mass is 32.2. The van der Waals surface area contributed by atoms with E-state index in [1.807, 2.05) is 13.8 Å². The lowest BCUT2D eigenvalue weighted by atomic mass is 10.2. The molecule has 0 saturated heterocycles. The van der Waals surface area contributed by atoms with Crippen molar-refractivity contribution >= 4 is 26.2 Å². The lowest BCUT2D eigenvalue weighted by Crippen LogP contribution is -2.27. The van der Waals surface area contributed by atoms with Gasteiger partial charge in [0.25, 0.3) is 20.2 Å². The fraction of sp³-hybridized carbons (Fsp3) is 0.406. The van der Waals surface area contributed by atoms with Gasteiger partial charge < -0.3 is 23.7 Å². The Kier molecular flexibility index (Phi) is 13.4. The zero-order valence-corrected chi connectivity index (χ0v) is 28.1. The molecule has 0 amide bonds. The average Bonchev–Trinajstić information content (AvgIpc) is 2.97. The van der Waals surface area contributed by atoms with E-state index in [0.29, 0.717) is 5.75 Å². The Morgan fingerprint density at radius 1 is 0.587 bits per heavy atom. The topological polar surface area (TPSA) is 150 Å². The summed E-state index contributed by atoms with van der Waals surface area (Å²) in [4.78, 5) is 11.9. The van der Waals surface area contributed by atoms with Gasteiger partial charge in [0.05, 0.1) is 16.4 Å². The highest BCUT2D eigenvalue weighted by molar-refractivity contribution is 7.87. The summed E-state index contributed by atoms with van der Waals surface area (Å²) in [5.74, 6) is 0.352. The Morgan fingerprint density at radius 2 is 0.957 bits per heavy atom. The Morgan fingerprint density at radius 3 is 1.33 bits per heavy atom. The first-order valence-corrected chi connectivity index (χ1v) is 17.2. The van der Waals surface area contributed by atoms with Crippen LogP contribution in [0, 0.1) is 13.8 Å². The Labute approximate surface area is 270 Å². The zero-order valence-electron chi connectivity index (χ0n) is 26.5. The Hall–Kier alpha value is -3.69. The molecule has 46 heavy (non-hydrogen) atoms. The van der Waals surface area contributed by atoms with Crippen molar-refractivity contribution in [2.45, 2.75) is 50.0 Å². The standard InChI is InChI=1S/C32H40O12S2/c1-24-6-10-29(11-7-24)45(34,35)42-18-16-40-27-20-26(39-15-14-38-23-31(33)44-32(3,4)5)21-28(22-27)41-17-19-43-46(36,37)30-12-8-25(2)9-13-30/h6-13,20-22H,14-19,23H2,1-5H3. The number of carbonyl (C=O) groups is 1. The summed E-state index contributed by atoms with van der Waals surface area (Å²) in [5.41, 5.74) is 1.20. The van der Waals surface area contributed by atoms with Crippen LogP contribution >= 0.6 is 0 Å². The van der Waals surface area contributed by atoms with E-state index in [9.17, 15) is 21.6 Å². The maximum Gasteiger partial charge on any atom is 0.332 e. The van der Waals surface area contributed by atoms with Gasteiger partial charge >= 0.3 is 5.97 Å². The zero-order chi connectivity index (χ0) is 33.8. The van der Waals surface area contributed by atoms with Crippen LogP contribution < -0.4 is 14.2 Å². The largest absolute Gasteiger partial charge is 0.491 e. The molecule has 0 heterocycles. The summed E-state index contributed by atoms with van der Waals surface area (Å²) in [6.45, 7) is 8.10. The maximum atomic E-state index is 12.5. The first-order chi connectivity index (χ1) is 21.6. The second-order valence-corrected chi connectivity index (χ2v) is 14.2. The lowest BCUT2D eigenvalue weighted by molar-refractivity contribution is -0.160. The monoisotopic (exact) mass is 680 g/mol. The molecule has 12 nitrogen and oxygen atoms in total. The van der Waals surface area contributed by atoms with Crippen molar-refractivity contribution in [1.82, 2.24) is 0 Å². The number of carbonyl (C=O) groups excluding carboxylic acids is 1. The van der Waals surface area contributed by atoms with Crippen LogP contribution in [0.25, 0.3) is 0 Å². The molecule has 0 aliphatic carbocycles. The van der Waals surface area contributed by atoms with E-state index < -0.39 is 31.8 Å². The van der Waals surface area contributed by atoms with E-state index in [2.05, 4.69) is 0 Å². The van der Waals surface area contributed by atoms with Crippen LogP contribution in [-0.4, -0.2) is 74.7 Å². The van der Waals surface area contributed by atoms with Crippen LogP contribution in [0.3, 0.4) is 0 Å². The summed E-state index contributed by atoms with van der Waals surface area (Å²) >= 11 is 0.